The fourth-order valence-electron chi connectivity index (χ4n) is 1.07. The van der Waals surface area contributed by atoms with E-state index in [0.29, 0.717) is 0 Å². The lowest BCUT2D eigenvalue weighted by molar-refractivity contribution is 0.594. The summed E-state index contributed by atoms with van der Waals surface area (Å²) in [7, 11) is -3.42. The van der Waals surface area contributed by atoms with Gasteiger partial charge in [-0.1, -0.05) is 24.3 Å². The summed E-state index contributed by atoms with van der Waals surface area (Å²) in [5.41, 5.74) is 0. The van der Waals surface area contributed by atoms with Gasteiger partial charge in [0.2, 0.25) is 10.0 Å². The molecule has 0 saturated carbocycles. The number of nitrogens with one attached hydrogen (secondary N) is 1. The van der Waals surface area contributed by atoms with E-state index in [9.17, 15) is 8.42 Å². The Morgan fingerprint density at radius 2 is 1.81 bits per heavy atom. The van der Waals surface area contributed by atoms with E-state index in [-0.39, 0.29) is 4.90 Å². The minimum Gasteiger partial charge on any atom is -0.206 e. The van der Waals surface area contributed by atoms with Crippen LogP contribution in [0.25, 0.3) is 0 Å². The average molecular weight is 271 g/mol. The molecule has 0 bridgehead atoms. The predicted molar refractivity (Wildman–Crippen MR) is 66.9 cm³/mol. The van der Waals surface area contributed by atoms with Crippen LogP contribution in [0.1, 0.15) is 0 Å². The zero-order chi connectivity index (χ0) is 11.4. The highest BCUT2D eigenvalue weighted by Crippen LogP contribution is 2.22. The van der Waals surface area contributed by atoms with Crippen LogP contribution in [0.5, 0.6) is 0 Å². The zero-order valence-electron chi connectivity index (χ0n) is 8.16. The van der Waals surface area contributed by atoms with Crippen molar-refractivity contribution in [2.45, 2.75) is 9.10 Å². The second-order valence-electron chi connectivity index (χ2n) is 2.93. The number of hydrogen-bond donors (Lipinski definition) is 1. The summed E-state index contributed by atoms with van der Waals surface area (Å²) in [6.45, 7) is 0. The van der Waals surface area contributed by atoms with Gasteiger partial charge in [0.15, 0.2) is 0 Å². The molecule has 0 radical (unpaired) electrons. The van der Waals surface area contributed by atoms with Crippen molar-refractivity contribution < 1.29 is 8.42 Å². The summed E-state index contributed by atoms with van der Waals surface area (Å²) >= 11 is 2.60. The third-order valence-electron chi connectivity index (χ3n) is 1.80. The standard InChI is InChI=1S/C10H9NO2S3/c12-16(13,9-5-2-1-3-6-9)11-15-10-7-4-8-14-10/h1-8,11H. The average Bonchev–Trinajstić information content (AvgIpc) is 2.81. The SMILES string of the molecule is O=S(=O)(NSc1cccs1)c1ccccc1. The molecule has 2 rings (SSSR count). The topological polar surface area (TPSA) is 46.2 Å². The highest BCUT2D eigenvalue weighted by atomic mass is 32.3. The van der Waals surface area contributed by atoms with E-state index in [1.807, 2.05) is 17.5 Å². The number of thiophene rings is 1. The smallest absolute Gasteiger partial charge is 0.206 e. The number of benzene rings is 1. The lowest BCUT2D eigenvalue weighted by Gasteiger charge is -2.03. The van der Waals surface area contributed by atoms with Gasteiger partial charge in [0.1, 0.15) is 0 Å². The van der Waals surface area contributed by atoms with Gasteiger partial charge in [-0.05, 0) is 35.5 Å². The van der Waals surface area contributed by atoms with Crippen LogP contribution in [-0.2, 0) is 10.0 Å². The minimum absolute atomic E-state index is 0.277. The van der Waals surface area contributed by atoms with Crippen LogP contribution < -0.4 is 4.13 Å². The van der Waals surface area contributed by atoms with Gasteiger partial charge in [-0.15, -0.1) is 15.5 Å². The summed E-state index contributed by atoms with van der Waals surface area (Å²) in [6, 6.07) is 12.1. The van der Waals surface area contributed by atoms with Crippen molar-refractivity contribution in [2.75, 3.05) is 0 Å². The van der Waals surface area contributed by atoms with Crippen molar-refractivity contribution in [3.8, 4) is 0 Å². The molecule has 84 valence electrons. The van der Waals surface area contributed by atoms with E-state index in [2.05, 4.69) is 4.13 Å². The summed E-state index contributed by atoms with van der Waals surface area (Å²) in [4.78, 5) is 0.277. The first-order valence-corrected chi connectivity index (χ1v) is 7.63. The second kappa shape index (κ2) is 5.01. The molecule has 1 aromatic heterocycles. The van der Waals surface area contributed by atoms with E-state index in [4.69, 9.17) is 0 Å². The van der Waals surface area contributed by atoms with E-state index < -0.39 is 10.0 Å². The first-order chi connectivity index (χ1) is 7.68. The van der Waals surface area contributed by atoms with Crippen molar-refractivity contribution in [2.24, 2.45) is 0 Å². The molecular formula is C10H9NO2S3. The molecule has 2 aromatic rings. The maximum atomic E-state index is 11.8. The number of hydrogen-bond acceptors (Lipinski definition) is 4. The van der Waals surface area contributed by atoms with Crippen LogP contribution >= 0.6 is 23.3 Å². The molecular weight excluding hydrogens is 262 g/mol. The molecule has 0 spiro atoms. The van der Waals surface area contributed by atoms with E-state index >= 15 is 0 Å². The van der Waals surface area contributed by atoms with Crippen LogP contribution in [0.3, 0.4) is 0 Å². The van der Waals surface area contributed by atoms with Crippen LogP contribution in [0.15, 0.2) is 56.9 Å². The molecule has 0 aliphatic rings. The molecule has 1 aromatic carbocycles. The maximum Gasteiger partial charge on any atom is 0.250 e. The Labute approximate surface area is 103 Å². The van der Waals surface area contributed by atoms with Crippen LogP contribution in [0, 0.1) is 0 Å². The molecule has 3 nitrogen and oxygen atoms in total. The van der Waals surface area contributed by atoms with E-state index in [0.717, 1.165) is 16.2 Å². The van der Waals surface area contributed by atoms with Gasteiger partial charge >= 0.3 is 0 Å². The molecule has 0 aliphatic carbocycles. The minimum atomic E-state index is -3.42. The van der Waals surface area contributed by atoms with Crippen LogP contribution in [-0.4, -0.2) is 8.42 Å². The Balaban J connectivity index is 2.10. The normalized spacial score (nSPS) is 11.5. The van der Waals surface area contributed by atoms with Crippen molar-refractivity contribution in [1.29, 1.82) is 0 Å². The molecule has 1 N–H and O–H groups in total. The quantitative estimate of drug-likeness (QED) is 0.870. The Hall–Kier alpha value is -0.820. The van der Waals surface area contributed by atoms with Crippen molar-refractivity contribution >= 4 is 33.3 Å². The van der Waals surface area contributed by atoms with Crippen molar-refractivity contribution in [3.63, 3.8) is 0 Å². The highest BCUT2D eigenvalue weighted by Gasteiger charge is 2.13. The monoisotopic (exact) mass is 271 g/mol. The molecule has 0 unspecified atom stereocenters. The molecule has 16 heavy (non-hydrogen) atoms. The Morgan fingerprint density at radius 1 is 1.06 bits per heavy atom. The maximum absolute atomic E-state index is 11.8. The predicted octanol–water partition coefficient (Wildman–Crippen LogP) is 2.73. The molecule has 0 atom stereocenters. The number of rotatable bonds is 4. The van der Waals surface area contributed by atoms with Gasteiger partial charge in [0.25, 0.3) is 0 Å². The Morgan fingerprint density at radius 3 is 2.44 bits per heavy atom. The van der Waals surface area contributed by atoms with Gasteiger partial charge in [-0.3, -0.25) is 0 Å². The Bertz CT molecular complexity index is 535. The summed E-state index contributed by atoms with van der Waals surface area (Å²) < 4.78 is 27.0. The van der Waals surface area contributed by atoms with Gasteiger partial charge in [0, 0.05) is 0 Å². The van der Waals surface area contributed by atoms with Crippen LogP contribution in [0.2, 0.25) is 0 Å². The third kappa shape index (κ3) is 2.85. The molecule has 6 heteroatoms. The summed E-state index contributed by atoms with van der Waals surface area (Å²) in [5, 5.41) is 1.90. The largest absolute Gasteiger partial charge is 0.250 e. The Kier molecular flexibility index (Phi) is 3.65. The van der Waals surface area contributed by atoms with Crippen molar-refractivity contribution in [3.05, 3.63) is 47.8 Å². The molecule has 0 aliphatic heterocycles. The highest BCUT2D eigenvalue weighted by molar-refractivity contribution is 8.10. The molecule has 0 saturated heterocycles. The number of sulfonamides is 1. The third-order valence-corrected chi connectivity index (χ3v) is 5.44. The van der Waals surface area contributed by atoms with E-state index in [1.165, 1.54) is 11.3 Å². The van der Waals surface area contributed by atoms with Gasteiger partial charge in [-0.2, -0.15) is 0 Å². The van der Waals surface area contributed by atoms with Gasteiger partial charge < -0.3 is 0 Å². The van der Waals surface area contributed by atoms with Crippen molar-refractivity contribution in [1.82, 2.24) is 4.13 Å². The first-order valence-electron chi connectivity index (χ1n) is 4.46. The summed E-state index contributed by atoms with van der Waals surface area (Å²) in [5.74, 6) is 0. The lowest BCUT2D eigenvalue weighted by atomic mass is 10.4. The van der Waals surface area contributed by atoms with Crippen LogP contribution in [0.4, 0.5) is 0 Å². The molecule has 1 heterocycles. The first kappa shape index (κ1) is 11.7. The fourth-order valence-corrected chi connectivity index (χ4v) is 3.99. The van der Waals surface area contributed by atoms with E-state index in [1.54, 1.807) is 30.3 Å². The van der Waals surface area contributed by atoms with Gasteiger partial charge in [-0.25, -0.2) is 8.42 Å². The lowest BCUT2D eigenvalue weighted by Crippen LogP contribution is -2.15. The molecule has 0 amide bonds. The summed E-state index contributed by atoms with van der Waals surface area (Å²) in [6.07, 6.45) is 0. The zero-order valence-corrected chi connectivity index (χ0v) is 10.6. The fraction of sp³-hybridized carbons (Fsp3) is 0. The second-order valence-corrected chi connectivity index (χ2v) is 6.93. The molecule has 0 fully saturated rings. The van der Waals surface area contributed by atoms with Gasteiger partial charge in [0.05, 0.1) is 9.10 Å².